The molecular formula is C13H14ClN3O4. The zero-order valence-corrected chi connectivity index (χ0v) is 11.7. The molecule has 0 aliphatic carbocycles. The molecule has 7 nitrogen and oxygen atoms in total. The predicted octanol–water partition coefficient (Wildman–Crippen LogP) is 1.44. The second kappa shape index (κ2) is 6.45. The van der Waals surface area contributed by atoms with E-state index < -0.39 is 12.0 Å². The number of amides is 3. The molecule has 8 heteroatoms. The van der Waals surface area contributed by atoms with Gasteiger partial charge in [-0.1, -0.05) is 11.6 Å². The molecule has 4 N–H and O–H groups in total. The summed E-state index contributed by atoms with van der Waals surface area (Å²) in [6, 6.07) is 3.63. The Labute approximate surface area is 125 Å². The van der Waals surface area contributed by atoms with Crippen LogP contribution in [0.2, 0.25) is 5.02 Å². The minimum Gasteiger partial charge on any atom is -0.478 e. The average molecular weight is 312 g/mol. The monoisotopic (exact) mass is 311 g/mol. The SMILES string of the molecule is O=C1CCC(CNC(=O)Nc2ccc(C(=O)O)c(Cl)c2)N1. The van der Waals surface area contributed by atoms with Gasteiger partial charge in [0.05, 0.1) is 10.6 Å². The van der Waals surface area contributed by atoms with Crippen molar-refractivity contribution in [3.8, 4) is 0 Å². The fraction of sp³-hybridized carbons (Fsp3) is 0.308. The van der Waals surface area contributed by atoms with Crippen LogP contribution < -0.4 is 16.0 Å². The van der Waals surface area contributed by atoms with Gasteiger partial charge in [0.1, 0.15) is 0 Å². The highest BCUT2D eigenvalue weighted by atomic mass is 35.5. The molecule has 1 unspecified atom stereocenters. The second-order valence-corrected chi connectivity index (χ2v) is 5.05. The van der Waals surface area contributed by atoms with Gasteiger partial charge in [-0.05, 0) is 24.6 Å². The summed E-state index contributed by atoms with van der Waals surface area (Å²) in [6.45, 7) is 0.332. The summed E-state index contributed by atoms with van der Waals surface area (Å²) in [5.41, 5.74) is 0.356. The van der Waals surface area contributed by atoms with Crippen molar-refractivity contribution in [2.45, 2.75) is 18.9 Å². The van der Waals surface area contributed by atoms with Crippen molar-refractivity contribution in [1.82, 2.24) is 10.6 Å². The summed E-state index contributed by atoms with van der Waals surface area (Å²) in [5, 5.41) is 16.8. The van der Waals surface area contributed by atoms with E-state index in [9.17, 15) is 14.4 Å². The van der Waals surface area contributed by atoms with Gasteiger partial charge >= 0.3 is 12.0 Å². The number of benzene rings is 1. The van der Waals surface area contributed by atoms with Crippen LogP contribution in [-0.4, -0.2) is 35.6 Å². The van der Waals surface area contributed by atoms with Crippen LogP contribution in [-0.2, 0) is 4.79 Å². The molecule has 1 aromatic rings. The number of carbonyl (C=O) groups is 3. The number of carbonyl (C=O) groups excluding carboxylic acids is 2. The number of nitrogens with one attached hydrogen (secondary N) is 3. The van der Waals surface area contributed by atoms with Crippen LogP contribution in [0, 0.1) is 0 Å². The highest BCUT2D eigenvalue weighted by molar-refractivity contribution is 6.33. The maximum absolute atomic E-state index is 11.7. The van der Waals surface area contributed by atoms with Crippen LogP contribution in [0.1, 0.15) is 23.2 Å². The highest BCUT2D eigenvalue weighted by Crippen LogP contribution is 2.20. The number of aromatic carboxylic acids is 1. The summed E-state index contributed by atoms with van der Waals surface area (Å²) in [7, 11) is 0. The third kappa shape index (κ3) is 4.09. The van der Waals surface area contributed by atoms with Crippen LogP contribution in [0.15, 0.2) is 18.2 Å². The molecule has 1 aliphatic heterocycles. The van der Waals surface area contributed by atoms with Crippen molar-refractivity contribution in [3.63, 3.8) is 0 Å². The minimum absolute atomic E-state index is 0.0155. The van der Waals surface area contributed by atoms with Crippen LogP contribution in [0.3, 0.4) is 0 Å². The first-order valence-electron chi connectivity index (χ1n) is 6.33. The van der Waals surface area contributed by atoms with E-state index in [4.69, 9.17) is 16.7 Å². The normalized spacial score (nSPS) is 17.2. The zero-order valence-electron chi connectivity index (χ0n) is 11.0. The average Bonchev–Trinajstić information content (AvgIpc) is 2.82. The maximum Gasteiger partial charge on any atom is 0.337 e. The topological polar surface area (TPSA) is 108 Å². The molecule has 1 fully saturated rings. The van der Waals surface area contributed by atoms with Gasteiger partial charge in [-0.25, -0.2) is 9.59 Å². The van der Waals surface area contributed by atoms with Gasteiger partial charge < -0.3 is 21.1 Å². The Hall–Kier alpha value is -2.28. The van der Waals surface area contributed by atoms with Gasteiger partial charge in [0.2, 0.25) is 5.91 Å². The lowest BCUT2D eigenvalue weighted by Crippen LogP contribution is -2.40. The van der Waals surface area contributed by atoms with Crippen molar-refractivity contribution in [2.75, 3.05) is 11.9 Å². The van der Waals surface area contributed by atoms with Crippen molar-refractivity contribution in [2.24, 2.45) is 0 Å². The third-order valence-electron chi connectivity index (χ3n) is 3.05. The Morgan fingerprint density at radius 2 is 2.19 bits per heavy atom. The van der Waals surface area contributed by atoms with Gasteiger partial charge in [0.25, 0.3) is 0 Å². The summed E-state index contributed by atoms with van der Waals surface area (Å²) in [5.74, 6) is -1.15. The molecule has 1 heterocycles. The highest BCUT2D eigenvalue weighted by Gasteiger charge is 2.20. The van der Waals surface area contributed by atoms with E-state index in [2.05, 4.69) is 16.0 Å². The molecule has 0 bridgehead atoms. The number of carboxylic acids is 1. The molecule has 1 aromatic carbocycles. The lowest BCUT2D eigenvalue weighted by Gasteiger charge is -2.12. The van der Waals surface area contributed by atoms with Crippen molar-refractivity contribution >= 4 is 35.2 Å². The molecule has 1 saturated heterocycles. The van der Waals surface area contributed by atoms with Crippen molar-refractivity contribution < 1.29 is 19.5 Å². The number of hydrogen-bond donors (Lipinski definition) is 4. The van der Waals surface area contributed by atoms with Gasteiger partial charge in [-0.2, -0.15) is 0 Å². The Morgan fingerprint density at radius 3 is 2.76 bits per heavy atom. The van der Waals surface area contributed by atoms with E-state index in [0.717, 1.165) is 0 Å². The summed E-state index contributed by atoms with van der Waals surface area (Å²) in [4.78, 5) is 33.5. The van der Waals surface area contributed by atoms with Gasteiger partial charge in [0, 0.05) is 24.7 Å². The minimum atomic E-state index is -1.13. The molecule has 0 radical (unpaired) electrons. The first-order valence-corrected chi connectivity index (χ1v) is 6.70. The molecule has 0 spiro atoms. The van der Waals surface area contributed by atoms with E-state index in [1.165, 1.54) is 18.2 Å². The molecular weight excluding hydrogens is 298 g/mol. The van der Waals surface area contributed by atoms with E-state index in [0.29, 0.717) is 25.1 Å². The van der Waals surface area contributed by atoms with Crippen LogP contribution in [0.5, 0.6) is 0 Å². The maximum atomic E-state index is 11.7. The van der Waals surface area contributed by atoms with Crippen LogP contribution in [0.25, 0.3) is 0 Å². The number of urea groups is 1. The van der Waals surface area contributed by atoms with Gasteiger partial charge in [0.15, 0.2) is 0 Å². The molecule has 2 rings (SSSR count). The second-order valence-electron chi connectivity index (χ2n) is 4.64. The Morgan fingerprint density at radius 1 is 1.43 bits per heavy atom. The van der Waals surface area contributed by atoms with E-state index in [-0.39, 0.29) is 22.5 Å². The van der Waals surface area contributed by atoms with E-state index >= 15 is 0 Å². The first-order chi connectivity index (χ1) is 9.95. The van der Waals surface area contributed by atoms with Crippen LogP contribution >= 0.6 is 11.6 Å². The Kier molecular flexibility index (Phi) is 4.64. The number of hydrogen-bond acceptors (Lipinski definition) is 3. The molecule has 0 saturated carbocycles. The lowest BCUT2D eigenvalue weighted by atomic mass is 10.2. The van der Waals surface area contributed by atoms with E-state index in [1.54, 1.807) is 0 Å². The Balaban J connectivity index is 1.86. The molecule has 0 aromatic heterocycles. The standard InChI is InChI=1S/C13H14ClN3O4/c14-10-5-7(1-3-9(10)12(19)20)17-13(21)15-6-8-2-4-11(18)16-8/h1,3,5,8H,2,4,6H2,(H,16,18)(H,19,20)(H2,15,17,21). The molecule has 3 amide bonds. The fourth-order valence-electron chi connectivity index (χ4n) is 1.99. The Bertz CT molecular complexity index is 591. The van der Waals surface area contributed by atoms with Gasteiger partial charge in [-0.15, -0.1) is 0 Å². The fourth-order valence-corrected chi connectivity index (χ4v) is 2.25. The number of carboxylic acid groups (broad SMARTS) is 1. The van der Waals surface area contributed by atoms with Crippen LogP contribution in [0.4, 0.5) is 10.5 Å². The largest absolute Gasteiger partial charge is 0.478 e. The number of halogens is 1. The lowest BCUT2D eigenvalue weighted by molar-refractivity contribution is -0.119. The summed E-state index contributed by atoms with van der Waals surface area (Å²) in [6.07, 6.45) is 1.17. The molecule has 112 valence electrons. The summed E-state index contributed by atoms with van der Waals surface area (Å²) < 4.78 is 0. The first kappa shape index (κ1) is 15.1. The molecule has 1 atom stereocenters. The smallest absolute Gasteiger partial charge is 0.337 e. The van der Waals surface area contributed by atoms with Crippen molar-refractivity contribution in [3.05, 3.63) is 28.8 Å². The number of rotatable bonds is 4. The molecule has 21 heavy (non-hydrogen) atoms. The van der Waals surface area contributed by atoms with Crippen molar-refractivity contribution in [1.29, 1.82) is 0 Å². The molecule has 1 aliphatic rings. The zero-order chi connectivity index (χ0) is 15.4. The number of anilines is 1. The quantitative estimate of drug-likeness (QED) is 0.674. The summed E-state index contributed by atoms with van der Waals surface area (Å²) >= 11 is 5.80. The predicted molar refractivity (Wildman–Crippen MR) is 76.6 cm³/mol. The van der Waals surface area contributed by atoms with E-state index in [1.807, 2.05) is 0 Å². The third-order valence-corrected chi connectivity index (χ3v) is 3.36. The van der Waals surface area contributed by atoms with Gasteiger partial charge in [-0.3, -0.25) is 4.79 Å².